The lowest BCUT2D eigenvalue weighted by atomic mass is 10.0. The molecule has 0 aromatic heterocycles. The van der Waals surface area contributed by atoms with E-state index < -0.39 is 11.6 Å². The number of nitriles is 1. The lowest BCUT2D eigenvalue weighted by Gasteiger charge is -2.18. The van der Waals surface area contributed by atoms with E-state index in [1.165, 1.54) is 0 Å². The zero-order valence-electron chi connectivity index (χ0n) is 12.2. The molecule has 0 aliphatic carbocycles. The normalized spacial score (nSPS) is 12.2. The number of halogens is 2. The maximum absolute atomic E-state index is 13.8. The largest absolute Gasteiger partial charge is 0.310 e. The van der Waals surface area contributed by atoms with Crippen LogP contribution in [0.3, 0.4) is 0 Å². The van der Waals surface area contributed by atoms with Crippen molar-refractivity contribution in [3.63, 3.8) is 0 Å². The van der Waals surface area contributed by atoms with Crippen molar-refractivity contribution in [1.29, 1.82) is 5.26 Å². The number of hydrogen-bond donors (Lipinski definition) is 1. The van der Waals surface area contributed by atoms with Gasteiger partial charge in [0.05, 0.1) is 11.6 Å². The summed E-state index contributed by atoms with van der Waals surface area (Å²) in [5, 5.41) is 11.9. The molecule has 110 valence electrons. The summed E-state index contributed by atoms with van der Waals surface area (Å²) < 4.78 is 27.5. The van der Waals surface area contributed by atoms with E-state index in [-0.39, 0.29) is 23.7 Å². The van der Waals surface area contributed by atoms with Crippen molar-refractivity contribution >= 4 is 0 Å². The summed E-state index contributed by atoms with van der Waals surface area (Å²) in [6.07, 6.45) is 5.28. The third-order valence-electron chi connectivity index (χ3n) is 3.38. The number of hydrogen-bond acceptors (Lipinski definition) is 2. The lowest BCUT2D eigenvalue weighted by Crippen LogP contribution is -2.29. The van der Waals surface area contributed by atoms with E-state index in [1.807, 2.05) is 0 Å². The summed E-state index contributed by atoms with van der Waals surface area (Å²) in [4.78, 5) is 0. The Balaban J connectivity index is 2.70. The standard InChI is InChI=1S/C16H22F2N2/c1-3-5-7-13(6-4-2)20-11-14-15(17)8-12(10-19)9-16(14)18/h8-9,13,20H,3-7,11H2,1-2H3. The highest BCUT2D eigenvalue weighted by atomic mass is 19.1. The van der Waals surface area contributed by atoms with Gasteiger partial charge in [0.15, 0.2) is 0 Å². The molecule has 1 N–H and O–H groups in total. The van der Waals surface area contributed by atoms with Gasteiger partial charge in [0.1, 0.15) is 11.6 Å². The summed E-state index contributed by atoms with van der Waals surface area (Å²) in [6, 6.07) is 4.20. The molecule has 1 aromatic carbocycles. The van der Waals surface area contributed by atoms with Gasteiger partial charge in [-0.05, 0) is 25.0 Å². The third-order valence-corrected chi connectivity index (χ3v) is 3.38. The Bertz CT molecular complexity index is 443. The van der Waals surface area contributed by atoms with Gasteiger partial charge in [0, 0.05) is 18.2 Å². The molecule has 0 aliphatic rings. The molecule has 0 saturated heterocycles. The molecule has 0 bridgehead atoms. The molecule has 1 aromatic rings. The van der Waals surface area contributed by atoms with E-state index in [1.54, 1.807) is 6.07 Å². The van der Waals surface area contributed by atoms with E-state index >= 15 is 0 Å². The van der Waals surface area contributed by atoms with Gasteiger partial charge in [-0.2, -0.15) is 5.26 Å². The summed E-state index contributed by atoms with van der Waals surface area (Å²) in [5.41, 5.74) is 0.0291. The van der Waals surface area contributed by atoms with E-state index in [2.05, 4.69) is 19.2 Å². The molecule has 0 amide bonds. The fraction of sp³-hybridized carbons (Fsp3) is 0.562. The van der Waals surface area contributed by atoms with Gasteiger partial charge in [-0.3, -0.25) is 0 Å². The van der Waals surface area contributed by atoms with Crippen LogP contribution in [0.4, 0.5) is 8.78 Å². The molecule has 0 aliphatic heterocycles. The maximum Gasteiger partial charge on any atom is 0.131 e. The van der Waals surface area contributed by atoms with Crippen LogP contribution < -0.4 is 5.32 Å². The van der Waals surface area contributed by atoms with Gasteiger partial charge in [-0.1, -0.05) is 33.1 Å². The summed E-state index contributed by atoms with van der Waals surface area (Å²) in [5.74, 6) is -1.31. The first-order chi connectivity index (χ1) is 9.62. The number of nitrogens with zero attached hydrogens (tertiary/aromatic N) is 1. The minimum atomic E-state index is -0.653. The number of benzene rings is 1. The zero-order chi connectivity index (χ0) is 15.0. The third kappa shape index (κ3) is 4.90. The van der Waals surface area contributed by atoms with Crippen LogP contribution >= 0.6 is 0 Å². The lowest BCUT2D eigenvalue weighted by molar-refractivity contribution is 0.422. The molecule has 4 heteroatoms. The molecule has 0 heterocycles. The molecule has 20 heavy (non-hydrogen) atoms. The van der Waals surface area contributed by atoms with Crippen molar-refractivity contribution in [3.05, 3.63) is 34.9 Å². The quantitative estimate of drug-likeness (QED) is 0.771. The van der Waals surface area contributed by atoms with Gasteiger partial charge >= 0.3 is 0 Å². The minimum Gasteiger partial charge on any atom is -0.310 e. The molecule has 1 rings (SSSR count). The predicted molar refractivity (Wildman–Crippen MR) is 76.1 cm³/mol. The highest BCUT2D eigenvalue weighted by Gasteiger charge is 2.13. The van der Waals surface area contributed by atoms with Crippen molar-refractivity contribution < 1.29 is 8.78 Å². The highest BCUT2D eigenvalue weighted by molar-refractivity contribution is 5.34. The van der Waals surface area contributed by atoms with Crippen LogP contribution in [0.5, 0.6) is 0 Å². The van der Waals surface area contributed by atoms with Crippen LogP contribution in [0.15, 0.2) is 12.1 Å². The second kappa shape index (κ2) is 8.65. The van der Waals surface area contributed by atoms with Crippen LogP contribution in [0, 0.1) is 23.0 Å². The molecule has 2 nitrogen and oxygen atoms in total. The molecule has 0 saturated carbocycles. The molecule has 1 atom stereocenters. The Morgan fingerprint density at radius 2 is 1.80 bits per heavy atom. The van der Waals surface area contributed by atoms with Gasteiger partial charge in [0.25, 0.3) is 0 Å². The van der Waals surface area contributed by atoms with Gasteiger partial charge < -0.3 is 5.32 Å². The van der Waals surface area contributed by atoms with E-state index in [0.29, 0.717) is 0 Å². The Labute approximate surface area is 119 Å². The number of rotatable bonds is 8. The maximum atomic E-state index is 13.8. The SMILES string of the molecule is CCCCC(CCC)NCc1c(F)cc(C#N)cc1F. The molecule has 0 radical (unpaired) electrons. The Kier molecular flexibility index (Phi) is 7.17. The van der Waals surface area contributed by atoms with Crippen LogP contribution in [-0.4, -0.2) is 6.04 Å². The zero-order valence-corrected chi connectivity index (χ0v) is 12.2. The Hall–Kier alpha value is -1.47. The fourth-order valence-electron chi connectivity index (χ4n) is 2.23. The van der Waals surface area contributed by atoms with Crippen molar-refractivity contribution in [2.75, 3.05) is 0 Å². The number of nitrogens with one attached hydrogen (secondary N) is 1. The summed E-state index contributed by atoms with van der Waals surface area (Å²) in [7, 11) is 0. The Morgan fingerprint density at radius 1 is 1.15 bits per heavy atom. The Morgan fingerprint density at radius 3 is 2.30 bits per heavy atom. The van der Waals surface area contributed by atoms with Crippen LogP contribution in [0.25, 0.3) is 0 Å². The van der Waals surface area contributed by atoms with E-state index in [4.69, 9.17) is 5.26 Å². The summed E-state index contributed by atoms with van der Waals surface area (Å²) in [6.45, 7) is 4.39. The second-order valence-corrected chi connectivity index (χ2v) is 5.04. The summed E-state index contributed by atoms with van der Waals surface area (Å²) >= 11 is 0. The van der Waals surface area contributed by atoms with Gasteiger partial charge in [0.2, 0.25) is 0 Å². The average molecular weight is 280 g/mol. The molecule has 1 unspecified atom stereocenters. The van der Waals surface area contributed by atoms with Crippen LogP contribution in [0.2, 0.25) is 0 Å². The topological polar surface area (TPSA) is 35.8 Å². The van der Waals surface area contributed by atoms with Gasteiger partial charge in [-0.15, -0.1) is 0 Å². The molecular weight excluding hydrogens is 258 g/mol. The fourth-order valence-corrected chi connectivity index (χ4v) is 2.23. The first kappa shape index (κ1) is 16.6. The van der Waals surface area contributed by atoms with Crippen molar-refractivity contribution in [2.24, 2.45) is 0 Å². The molecule has 0 spiro atoms. The minimum absolute atomic E-state index is 0.0137. The van der Waals surface area contributed by atoms with Crippen molar-refractivity contribution in [2.45, 2.75) is 58.5 Å². The van der Waals surface area contributed by atoms with Crippen LogP contribution in [0.1, 0.15) is 57.1 Å². The highest BCUT2D eigenvalue weighted by Crippen LogP contribution is 2.16. The van der Waals surface area contributed by atoms with Crippen molar-refractivity contribution in [3.8, 4) is 6.07 Å². The van der Waals surface area contributed by atoms with E-state index in [9.17, 15) is 8.78 Å². The smallest absolute Gasteiger partial charge is 0.131 e. The molecular formula is C16H22F2N2. The molecule has 0 fully saturated rings. The number of unbranched alkanes of at least 4 members (excludes halogenated alkanes) is 1. The first-order valence-electron chi connectivity index (χ1n) is 7.23. The van der Waals surface area contributed by atoms with Crippen LogP contribution in [-0.2, 0) is 6.54 Å². The average Bonchev–Trinajstić information content (AvgIpc) is 2.43. The van der Waals surface area contributed by atoms with Gasteiger partial charge in [-0.25, -0.2) is 8.78 Å². The van der Waals surface area contributed by atoms with E-state index in [0.717, 1.165) is 44.2 Å². The monoisotopic (exact) mass is 280 g/mol. The first-order valence-corrected chi connectivity index (χ1v) is 7.23. The second-order valence-electron chi connectivity index (χ2n) is 5.04. The predicted octanol–water partition coefficient (Wildman–Crippen LogP) is 4.28. The van der Waals surface area contributed by atoms with Crippen molar-refractivity contribution in [1.82, 2.24) is 5.32 Å².